The standard InChI is InChI=1S/C24H21F3N4O4/c1-30-12-19(28-13-30)14-2-7-18-15(10-14)11-31(23(18)35)20(8-9-21(32)33)22(34)29-17-5-3-16(4-6-17)24(25,26)27/h2-7,10,12-13,20H,8-9,11H2,1H3,(H,29,34)(H,32,33). The highest BCUT2D eigenvalue weighted by atomic mass is 19.4. The van der Waals surface area contributed by atoms with Gasteiger partial charge in [0.2, 0.25) is 5.91 Å². The number of nitrogens with one attached hydrogen (secondary N) is 1. The molecule has 0 spiro atoms. The Hall–Kier alpha value is -4.15. The van der Waals surface area contributed by atoms with Gasteiger partial charge in [0, 0.05) is 43.0 Å². The number of aliphatic carboxylic acids is 1. The van der Waals surface area contributed by atoms with Crippen LogP contribution in [0.5, 0.6) is 0 Å². The molecule has 1 aliphatic heterocycles. The highest BCUT2D eigenvalue weighted by molar-refractivity contribution is 6.04. The molecule has 0 fully saturated rings. The fourth-order valence-corrected chi connectivity index (χ4v) is 3.97. The number of alkyl halides is 3. The van der Waals surface area contributed by atoms with Gasteiger partial charge in [-0.1, -0.05) is 6.07 Å². The van der Waals surface area contributed by atoms with Gasteiger partial charge in [0.15, 0.2) is 0 Å². The monoisotopic (exact) mass is 486 g/mol. The average molecular weight is 486 g/mol. The minimum Gasteiger partial charge on any atom is -0.481 e. The van der Waals surface area contributed by atoms with Gasteiger partial charge in [-0.05, 0) is 48.4 Å². The van der Waals surface area contributed by atoms with Crippen LogP contribution in [-0.2, 0) is 29.4 Å². The van der Waals surface area contributed by atoms with E-state index in [1.165, 1.54) is 4.90 Å². The molecule has 2 amide bonds. The summed E-state index contributed by atoms with van der Waals surface area (Å²) in [6, 6.07) is 7.93. The first-order valence-electron chi connectivity index (χ1n) is 10.6. The average Bonchev–Trinajstić information content (AvgIpc) is 3.36. The lowest BCUT2D eigenvalue weighted by Gasteiger charge is -2.26. The summed E-state index contributed by atoms with van der Waals surface area (Å²) in [6.07, 6.45) is -1.58. The second kappa shape index (κ2) is 9.24. The molecule has 0 bridgehead atoms. The van der Waals surface area contributed by atoms with Gasteiger partial charge in [-0.15, -0.1) is 0 Å². The van der Waals surface area contributed by atoms with Crippen LogP contribution in [0.2, 0.25) is 0 Å². The highest BCUT2D eigenvalue weighted by Crippen LogP contribution is 2.32. The van der Waals surface area contributed by atoms with E-state index in [9.17, 15) is 27.6 Å². The Balaban J connectivity index is 1.56. The van der Waals surface area contributed by atoms with Crippen LogP contribution in [0.15, 0.2) is 55.0 Å². The van der Waals surface area contributed by atoms with Gasteiger partial charge < -0.3 is 19.9 Å². The number of amides is 2. The molecule has 2 aromatic carbocycles. The second-order valence-corrected chi connectivity index (χ2v) is 8.24. The summed E-state index contributed by atoms with van der Waals surface area (Å²) < 4.78 is 40.2. The third-order valence-electron chi connectivity index (χ3n) is 5.73. The number of nitrogens with zero attached hydrogens (tertiary/aromatic N) is 3. The normalized spacial score (nSPS) is 14.1. The lowest BCUT2D eigenvalue weighted by molar-refractivity contribution is -0.138. The third kappa shape index (κ3) is 5.18. The maximum absolute atomic E-state index is 13.1. The number of aryl methyl sites for hydroxylation is 1. The first kappa shape index (κ1) is 24.0. The summed E-state index contributed by atoms with van der Waals surface area (Å²) in [5, 5.41) is 11.6. The topological polar surface area (TPSA) is 105 Å². The zero-order chi connectivity index (χ0) is 25.3. The Morgan fingerprint density at radius 2 is 1.89 bits per heavy atom. The van der Waals surface area contributed by atoms with Crippen molar-refractivity contribution in [3.05, 3.63) is 71.7 Å². The molecule has 3 aromatic rings. The molecule has 0 saturated heterocycles. The van der Waals surface area contributed by atoms with Crippen LogP contribution >= 0.6 is 0 Å². The number of rotatable bonds is 7. The molecule has 1 aliphatic rings. The molecule has 0 aliphatic carbocycles. The van der Waals surface area contributed by atoms with Gasteiger partial charge in [0.1, 0.15) is 6.04 Å². The predicted octanol–water partition coefficient (Wildman–Crippen LogP) is 3.93. The number of carbonyl (C=O) groups is 3. The Labute approximate surface area is 198 Å². The molecule has 1 atom stereocenters. The number of benzene rings is 2. The summed E-state index contributed by atoms with van der Waals surface area (Å²) >= 11 is 0. The Bertz CT molecular complexity index is 1280. The van der Waals surface area contributed by atoms with Crippen LogP contribution in [0.3, 0.4) is 0 Å². The van der Waals surface area contributed by atoms with E-state index < -0.39 is 35.6 Å². The fraction of sp³-hybridized carbons (Fsp3) is 0.250. The number of hydrogen-bond donors (Lipinski definition) is 2. The summed E-state index contributed by atoms with van der Waals surface area (Å²) in [5.41, 5.74) is 1.80. The van der Waals surface area contributed by atoms with E-state index >= 15 is 0 Å². The first-order chi connectivity index (χ1) is 16.5. The molecular weight excluding hydrogens is 465 g/mol. The first-order valence-corrected chi connectivity index (χ1v) is 10.6. The van der Waals surface area contributed by atoms with Crippen LogP contribution in [0.1, 0.15) is 34.3 Å². The lowest BCUT2D eigenvalue weighted by Crippen LogP contribution is -2.44. The molecule has 0 saturated carbocycles. The molecule has 182 valence electrons. The fourth-order valence-electron chi connectivity index (χ4n) is 3.97. The van der Waals surface area contributed by atoms with Crippen molar-refractivity contribution < 1.29 is 32.7 Å². The number of aromatic nitrogens is 2. The van der Waals surface area contributed by atoms with Crippen LogP contribution in [-0.4, -0.2) is 43.4 Å². The van der Waals surface area contributed by atoms with Crippen molar-refractivity contribution in [2.75, 3.05) is 5.32 Å². The molecule has 11 heteroatoms. The number of anilines is 1. The highest BCUT2D eigenvalue weighted by Gasteiger charge is 2.37. The lowest BCUT2D eigenvalue weighted by atomic mass is 10.0. The zero-order valence-corrected chi connectivity index (χ0v) is 18.5. The second-order valence-electron chi connectivity index (χ2n) is 8.24. The summed E-state index contributed by atoms with van der Waals surface area (Å²) in [5.74, 6) is -2.25. The smallest absolute Gasteiger partial charge is 0.416 e. The Kier molecular flexibility index (Phi) is 6.33. The summed E-state index contributed by atoms with van der Waals surface area (Å²) in [6.45, 7) is 0.0829. The number of carbonyl (C=O) groups excluding carboxylic acids is 2. The van der Waals surface area contributed by atoms with Crippen LogP contribution in [0.25, 0.3) is 11.3 Å². The van der Waals surface area contributed by atoms with Crippen LogP contribution in [0, 0.1) is 0 Å². The van der Waals surface area contributed by atoms with Crippen molar-refractivity contribution in [1.29, 1.82) is 0 Å². The van der Waals surface area contributed by atoms with E-state index in [4.69, 9.17) is 5.11 Å². The van der Waals surface area contributed by atoms with Crippen LogP contribution in [0.4, 0.5) is 18.9 Å². The van der Waals surface area contributed by atoms with Crippen molar-refractivity contribution in [3.8, 4) is 11.3 Å². The van der Waals surface area contributed by atoms with E-state index in [0.717, 1.165) is 29.8 Å². The number of hydrogen-bond acceptors (Lipinski definition) is 4. The van der Waals surface area contributed by atoms with Gasteiger partial charge in [-0.25, -0.2) is 4.98 Å². The number of fused-ring (bicyclic) bond motifs is 1. The molecule has 2 N–H and O–H groups in total. The van der Waals surface area contributed by atoms with Gasteiger partial charge in [-0.3, -0.25) is 14.4 Å². The minimum atomic E-state index is -4.52. The van der Waals surface area contributed by atoms with Gasteiger partial charge in [0.25, 0.3) is 5.91 Å². The molecule has 8 nitrogen and oxygen atoms in total. The van der Waals surface area contributed by atoms with E-state index in [-0.39, 0.29) is 25.1 Å². The van der Waals surface area contributed by atoms with E-state index in [1.807, 2.05) is 13.2 Å². The molecule has 1 aromatic heterocycles. The molecule has 35 heavy (non-hydrogen) atoms. The summed E-state index contributed by atoms with van der Waals surface area (Å²) in [7, 11) is 1.83. The van der Waals surface area contributed by atoms with Crippen LogP contribution < -0.4 is 5.32 Å². The number of carboxylic acids is 1. The molecular formula is C24H21F3N4O4. The number of halogens is 3. The van der Waals surface area contributed by atoms with Crippen molar-refractivity contribution in [1.82, 2.24) is 14.5 Å². The van der Waals surface area contributed by atoms with Gasteiger partial charge in [-0.2, -0.15) is 13.2 Å². The van der Waals surface area contributed by atoms with Crippen molar-refractivity contribution in [2.45, 2.75) is 31.6 Å². The summed E-state index contributed by atoms with van der Waals surface area (Å²) in [4.78, 5) is 42.9. The third-order valence-corrected chi connectivity index (χ3v) is 5.73. The maximum atomic E-state index is 13.1. The zero-order valence-electron chi connectivity index (χ0n) is 18.5. The number of carboxylic acid groups (broad SMARTS) is 1. The predicted molar refractivity (Wildman–Crippen MR) is 119 cm³/mol. The minimum absolute atomic E-state index is 0.0829. The molecule has 4 rings (SSSR count). The van der Waals surface area contributed by atoms with Gasteiger partial charge >= 0.3 is 12.1 Å². The molecule has 2 heterocycles. The van der Waals surface area contributed by atoms with E-state index in [1.54, 1.807) is 29.1 Å². The van der Waals surface area contributed by atoms with Crippen molar-refractivity contribution in [2.24, 2.45) is 7.05 Å². The number of imidazole rings is 1. The Morgan fingerprint density at radius 1 is 1.17 bits per heavy atom. The van der Waals surface area contributed by atoms with Gasteiger partial charge in [0.05, 0.1) is 17.6 Å². The van der Waals surface area contributed by atoms with Crippen molar-refractivity contribution in [3.63, 3.8) is 0 Å². The molecule has 1 unspecified atom stereocenters. The van der Waals surface area contributed by atoms with Crippen molar-refractivity contribution >= 4 is 23.5 Å². The van der Waals surface area contributed by atoms with E-state index in [0.29, 0.717) is 16.8 Å². The quantitative estimate of drug-likeness (QED) is 0.527. The Morgan fingerprint density at radius 3 is 2.49 bits per heavy atom. The molecule has 0 radical (unpaired) electrons. The largest absolute Gasteiger partial charge is 0.481 e. The SMILES string of the molecule is Cn1cnc(-c2ccc3c(c2)CN(C(CCC(=O)O)C(=O)Nc2ccc(C(F)(F)F)cc2)C3=O)c1. The maximum Gasteiger partial charge on any atom is 0.416 e. The van der Waals surface area contributed by atoms with E-state index in [2.05, 4.69) is 10.3 Å².